The summed E-state index contributed by atoms with van der Waals surface area (Å²) in [7, 11) is 1.58. The maximum Gasteiger partial charge on any atom is 0.407 e. The van der Waals surface area contributed by atoms with Crippen LogP contribution in [0.1, 0.15) is 67.0 Å². The van der Waals surface area contributed by atoms with Gasteiger partial charge in [0.1, 0.15) is 5.60 Å². The van der Waals surface area contributed by atoms with Crippen molar-refractivity contribution in [2.75, 3.05) is 20.2 Å². The van der Waals surface area contributed by atoms with Crippen LogP contribution in [0.5, 0.6) is 11.5 Å². The summed E-state index contributed by atoms with van der Waals surface area (Å²) >= 11 is 0. The van der Waals surface area contributed by atoms with Crippen LogP contribution in [0.3, 0.4) is 0 Å². The number of rotatable bonds is 3. The molecule has 0 spiro atoms. The van der Waals surface area contributed by atoms with Crippen molar-refractivity contribution in [1.29, 1.82) is 0 Å². The predicted octanol–water partition coefficient (Wildman–Crippen LogP) is 5.00. The maximum atomic E-state index is 12.8. The second-order valence-electron chi connectivity index (χ2n) is 10.4. The first-order chi connectivity index (χ1) is 15.6. The number of benzene rings is 2. The fourth-order valence-corrected chi connectivity index (χ4v) is 5.31. The van der Waals surface area contributed by atoms with Crippen molar-refractivity contribution < 1.29 is 19.4 Å². The van der Waals surface area contributed by atoms with Gasteiger partial charge >= 0.3 is 6.09 Å². The Labute approximate surface area is 196 Å². The van der Waals surface area contributed by atoms with Crippen molar-refractivity contribution in [2.24, 2.45) is 0 Å². The highest BCUT2D eigenvalue weighted by molar-refractivity contribution is 5.68. The third-order valence-corrected chi connectivity index (χ3v) is 6.84. The second kappa shape index (κ2) is 8.90. The zero-order valence-electron chi connectivity index (χ0n) is 20.6. The Morgan fingerprint density at radius 3 is 2.61 bits per heavy atom. The van der Waals surface area contributed by atoms with Crippen molar-refractivity contribution in [3.63, 3.8) is 0 Å². The molecule has 178 valence electrons. The Kier molecular flexibility index (Phi) is 6.32. The Balaban J connectivity index is 1.70. The number of hydrogen-bond donors (Lipinski definition) is 2. The number of ether oxygens (including phenoxy) is 2. The Hall–Kier alpha value is -2.73. The first-order valence-electron chi connectivity index (χ1n) is 11.8. The molecule has 0 bridgehead atoms. The number of hydrogen-bond acceptors (Lipinski definition) is 5. The molecule has 6 heteroatoms. The number of aromatic hydroxyl groups is 1. The average Bonchev–Trinajstić information content (AvgIpc) is 2.73. The smallest absolute Gasteiger partial charge is 0.407 e. The molecule has 2 N–H and O–H groups in total. The number of phenols is 1. The van der Waals surface area contributed by atoms with Gasteiger partial charge in [-0.3, -0.25) is 4.90 Å². The number of fused-ring (bicyclic) bond motifs is 3. The molecule has 6 nitrogen and oxygen atoms in total. The summed E-state index contributed by atoms with van der Waals surface area (Å²) in [6, 6.07) is 10.4. The minimum atomic E-state index is -0.554. The van der Waals surface area contributed by atoms with Gasteiger partial charge in [0.15, 0.2) is 11.5 Å². The largest absolute Gasteiger partial charge is 0.504 e. The number of piperidine rings is 1. The van der Waals surface area contributed by atoms with Gasteiger partial charge in [0.2, 0.25) is 0 Å². The molecule has 0 aromatic heterocycles. The monoisotopic (exact) mass is 452 g/mol. The number of alkyl carbamates (subject to hydrolysis) is 1. The topological polar surface area (TPSA) is 71.0 Å². The number of carbonyl (C=O) groups excluding carboxylic acids is 1. The molecule has 1 amide bonds. The molecule has 2 aromatic rings. The van der Waals surface area contributed by atoms with Gasteiger partial charge in [0.25, 0.3) is 0 Å². The van der Waals surface area contributed by atoms with Crippen LogP contribution in [-0.4, -0.2) is 47.9 Å². The lowest BCUT2D eigenvalue weighted by atomic mass is 9.76. The molecule has 0 radical (unpaired) electrons. The first kappa shape index (κ1) is 23.4. The Morgan fingerprint density at radius 2 is 1.91 bits per heavy atom. The SMILES string of the molecule is COc1cc2c(cc1O)CCN1C[C@@H](c3cc(C)ccc3C)[C@H](NC(=O)OC(C)(C)C)C[C@H]21. The lowest BCUT2D eigenvalue weighted by molar-refractivity contribution is 0.0412. The van der Waals surface area contributed by atoms with Crippen molar-refractivity contribution in [1.82, 2.24) is 10.2 Å². The quantitative estimate of drug-likeness (QED) is 0.686. The van der Waals surface area contributed by atoms with Crippen LogP contribution >= 0.6 is 0 Å². The summed E-state index contributed by atoms with van der Waals surface area (Å²) in [5.74, 6) is 0.829. The molecule has 0 saturated carbocycles. The molecule has 1 fully saturated rings. The standard InChI is InChI=1S/C27H36N2O4/c1-16-7-8-17(2)19(11-16)21-15-29-10-9-18-12-24(30)25(32-6)13-20(18)23(29)14-22(21)28-26(31)33-27(3,4)5/h7-8,11-13,21-23,30H,9-10,14-15H2,1-6H3,(H,28,31)/t21-,22+,23+/m0/s1. The lowest BCUT2D eigenvalue weighted by Gasteiger charge is -2.47. The highest BCUT2D eigenvalue weighted by Crippen LogP contribution is 2.45. The number of nitrogens with zero attached hydrogens (tertiary/aromatic N) is 1. The van der Waals surface area contributed by atoms with Crippen molar-refractivity contribution >= 4 is 6.09 Å². The van der Waals surface area contributed by atoms with Crippen LogP contribution in [0, 0.1) is 13.8 Å². The first-order valence-corrected chi connectivity index (χ1v) is 11.8. The van der Waals surface area contributed by atoms with Gasteiger partial charge in [-0.2, -0.15) is 0 Å². The minimum Gasteiger partial charge on any atom is -0.504 e. The van der Waals surface area contributed by atoms with E-state index in [9.17, 15) is 9.90 Å². The molecular formula is C27H36N2O4. The molecular weight excluding hydrogens is 416 g/mol. The summed E-state index contributed by atoms with van der Waals surface area (Å²) in [5, 5.41) is 13.5. The summed E-state index contributed by atoms with van der Waals surface area (Å²) in [5.41, 5.74) is 5.51. The third kappa shape index (κ3) is 4.96. The zero-order valence-corrected chi connectivity index (χ0v) is 20.6. The normalized spacial score (nSPS) is 22.8. The molecule has 4 rings (SSSR count). The highest BCUT2D eigenvalue weighted by atomic mass is 16.6. The molecule has 3 atom stereocenters. The number of nitrogens with one attached hydrogen (secondary N) is 1. The molecule has 1 saturated heterocycles. The zero-order chi connectivity index (χ0) is 23.9. The fraction of sp³-hybridized carbons (Fsp3) is 0.519. The second-order valence-corrected chi connectivity index (χ2v) is 10.4. The number of methoxy groups -OCH3 is 1. The van der Waals surface area contributed by atoms with Crippen LogP contribution in [0.2, 0.25) is 0 Å². The maximum absolute atomic E-state index is 12.8. The lowest BCUT2D eigenvalue weighted by Crippen LogP contribution is -2.53. The van der Waals surface area contributed by atoms with Crippen LogP contribution in [0.4, 0.5) is 4.79 Å². The average molecular weight is 453 g/mol. The van der Waals surface area contributed by atoms with Gasteiger partial charge < -0.3 is 19.9 Å². The number of carbonyl (C=O) groups is 1. The van der Waals surface area contributed by atoms with Gasteiger partial charge in [-0.15, -0.1) is 0 Å². The third-order valence-electron chi connectivity index (χ3n) is 6.84. The molecule has 33 heavy (non-hydrogen) atoms. The molecule has 0 unspecified atom stereocenters. The van der Waals surface area contributed by atoms with E-state index in [0.717, 1.165) is 31.5 Å². The van der Waals surface area contributed by atoms with E-state index < -0.39 is 5.60 Å². The Bertz CT molecular complexity index is 1040. The molecule has 0 aliphatic carbocycles. The fourth-order valence-electron chi connectivity index (χ4n) is 5.31. The Morgan fingerprint density at radius 1 is 1.15 bits per heavy atom. The highest BCUT2D eigenvalue weighted by Gasteiger charge is 2.41. The minimum absolute atomic E-state index is 0.0765. The van der Waals surface area contributed by atoms with E-state index in [1.165, 1.54) is 22.3 Å². The number of phenolic OH excluding ortho intramolecular Hbond substituents is 1. The summed E-state index contributed by atoms with van der Waals surface area (Å²) < 4.78 is 11.0. The van der Waals surface area contributed by atoms with E-state index in [1.54, 1.807) is 7.11 Å². The van der Waals surface area contributed by atoms with E-state index in [0.29, 0.717) is 5.75 Å². The van der Waals surface area contributed by atoms with Gasteiger partial charge in [-0.25, -0.2) is 4.79 Å². The molecule has 2 aliphatic heterocycles. The van der Waals surface area contributed by atoms with E-state index in [-0.39, 0.29) is 29.8 Å². The van der Waals surface area contributed by atoms with E-state index in [1.807, 2.05) is 32.9 Å². The van der Waals surface area contributed by atoms with E-state index in [4.69, 9.17) is 9.47 Å². The molecule has 2 heterocycles. The van der Waals surface area contributed by atoms with Crippen LogP contribution in [0.15, 0.2) is 30.3 Å². The van der Waals surface area contributed by atoms with Crippen molar-refractivity contribution in [3.05, 3.63) is 58.1 Å². The van der Waals surface area contributed by atoms with Crippen molar-refractivity contribution in [3.8, 4) is 11.5 Å². The predicted molar refractivity (Wildman–Crippen MR) is 129 cm³/mol. The van der Waals surface area contributed by atoms with Crippen LogP contribution in [-0.2, 0) is 11.2 Å². The van der Waals surface area contributed by atoms with Gasteiger partial charge in [-0.05, 0) is 81.8 Å². The van der Waals surface area contributed by atoms with Crippen LogP contribution < -0.4 is 10.1 Å². The van der Waals surface area contributed by atoms with Crippen molar-refractivity contribution in [2.45, 2.75) is 71.1 Å². The van der Waals surface area contributed by atoms with Gasteiger partial charge in [-0.1, -0.05) is 23.8 Å². The molecule has 2 aromatic carbocycles. The van der Waals surface area contributed by atoms with Gasteiger partial charge in [0, 0.05) is 31.1 Å². The summed E-state index contributed by atoms with van der Waals surface area (Å²) in [4.78, 5) is 15.3. The van der Waals surface area contributed by atoms with Gasteiger partial charge in [0.05, 0.1) is 7.11 Å². The van der Waals surface area contributed by atoms with E-state index >= 15 is 0 Å². The van der Waals surface area contributed by atoms with Crippen LogP contribution in [0.25, 0.3) is 0 Å². The summed E-state index contributed by atoms with van der Waals surface area (Å²) in [6.07, 6.45) is 1.27. The number of aryl methyl sites for hydroxylation is 2. The van der Waals surface area contributed by atoms with E-state index in [2.05, 4.69) is 42.3 Å². The number of amides is 1. The summed E-state index contributed by atoms with van der Waals surface area (Å²) in [6.45, 7) is 11.7. The molecule has 2 aliphatic rings.